The van der Waals surface area contributed by atoms with E-state index in [1.54, 1.807) is 17.8 Å². The molecule has 0 aliphatic heterocycles. The molecule has 0 spiro atoms. The van der Waals surface area contributed by atoms with E-state index in [2.05, 4.69) is 15.3 Å². The fourth-order valence-corrected chi connectivity index (χ4v) is 1.66. The Morgan fingerprint density at radius 1 is 1.56 bits per heavy atom. The lowest BCUT2D eigenvalue weighted by Gasteiger charge is -2.03. The number of amides is 1. The molecule has 0 fully saturated rings. The highest BCUT2D eigenvalue weighted by molar-refractivity contribution is 6.06. The molecule has 0 unspecified atom stereocenters. The van der Waals surface area contributed by atoms with Gasteiger partial charge in [0.25, 0.3) is 5.91 Å². The fourth-order valence-electron chi connectivity index (χ4n) is 1.66. The summed E-state index contributed by atoms with van der Waals surface area (Å²) in [6.07, 6.45) is 3.12. The summed E-state index contributed by atoms with van der Waals surface area (Å²) in [5, 5.41) is 3.44. The van der Waals surface area contributed by atoms with E-state index in [0.717, 1.165) is 0 Å². The summed E-state index contributed by atoms with van der Waals surface area (Å²) in [7, 11) is 1.78. The number of nitrogens with two attached hydrogens (primary N) is 1. The second-order valence-electron chi connectivity index (χ2n) is 3.47. The van der Waals surface area contributed by atoms with Gasteiger partial charge in [0.15, 0.2) is 0 Å². The molecule has 0 atom stereocenters. The predicted molar refractivity (Wildman–Crippen MR) is 60.9 cm³/mol. The van der Waals surface area contributed by atoms with E-state index in [4.69, 9.17) is 5.73 Å². The minimum absolute atomic E-state index is 0.155. The third-order valence-electron chi connectivity index (χ3n) is 2.37. The van der Waals surface area contributed by atoms with E-state index in [1.807, 2.05) is 6.92 Å². The smallest absolute Gasteiger partial charge is 0.270 e. The third-order valence-corrected chi connectivity index (χ3v) is 2.37. The van der Waals surface area contributed by atoms with Gasteiger partial charge in [0.2, 0.25) is 0 Å². The number of carbonyl (C=O) groups excluding carboxylic acids is 1. The van der Waals surface area contributed by atoms with E-state index in [-0.39, 0.29) is 5.91 Å². The van der Waals surface area contributed by atoms with Gasteiger partial charge in [-0.3, -0.25) is 4.79 Å². The van der Waals surface area contributed by atoms with Gasteiger partial charge in [-0.05, 0) is 6.92 Å². The van der Waals surface area contributed by atoms with Crippen LogP contribution in [0.15, 0.2) is 12.5 Å². The van der Waals surface area contributed by atoms with E-state index in [0.29, 0.717) is 29.0 Å². The highest BCUT2D eigenvalue weighted by Crippen LogP contribution is 2.21. The summed E-state index contributed by atoms with van der Waals surface area (Å²) in [6.45, 7) is 2.44. The van der Waals surface area contributed by atoms with Gasteiger partial charge in [-0.25, -0.2) is 9.97 Å². The number of nitrogens with zero attached hydrogens (tertiary/aromatic N) is 3. The number of aromatic nitrogens is 3. The molecule has 2 aromatic heterocycles. The summed E-state index contributed by atoms with van der Waals surface area (Å²) in [6, 6.07) is 0. The average molecular weight is 219 g/mol. The molecule has 0 aliphatic rings. The van der Waals surface area contributed by atoms with Crippen LogP contribution >= 0.6 is 0 Å². The van der Waals surface area contributed by atoms with Crippen LogP contribution in [0.4, 0.5) is 5.82 Å². The van der Waals surface area contributed by atoms with Crippen molar-refractivity contribution in [2.75, 3.05) is 12.3 Å². The van der Waals surface area contributed by atoms with Gasteiger partial charge in [0, 0.05) is 19.8 Å². The lowest BCUT2D eigenvalue weighted by Crippen LogP contribution is -2.25. The van der Waals surface area contributed by atoms with Gasteiger partial charge in [-0.15, -0.1) is 0 Å². The minimum Gasteiger partial charge on any atom is -0.383 e. The van der Waals surface area contributed by atoms with Crippen molar-refractivity contribution in [3.05, 3.63) is 18.2 Å². The second kappa shape index (κ2) is 3.80. The molecule has 0 bridgehead atoms. The van der Waals surface area contributed by atoms with Crippen molar-refractivity contribution in [1.82, 2.24) is 19.9 Å². The maximum Gasteiger partial charge on any atom is 0.270 e. The van der Waals surface area contributed by atoms with Crippen LogP contribution in [0.5, 0.6) is 0 Å². The van der Waals surface area contributed by atoms with Crippen LogP contribution in [0.25, 0.3) is 10.9 Å². The van der Waals surface area contributed by atoms with Crippen LogP contribution in [-0.2, 0) is 7.05 Å². The molecule has 6 nitrogen and oxygen atoms in total. The molecule has 3 N–H and O–H groups in total. The first-order valence-corrected chi connectivity index (χ1v) is 4.98. The Balaban J connectivity index is 2.65. The van der Waals surface area contributed by atoms with Crippen LogP contribution in [-0.4, -0.2) is 27.0 Å². The maximum absolute atomic E-state index is 11.8. The first-order valence-electron chi connectivity index (χ1n) is 4.98. The summed E-state index contributed by atoms with van der Waals surface area (Å²) in [4.78, 5) is 19.8. The predicted octanol–water partition coefficient (Wildman–Crippen LogP) is 0.300. The zero-order valence-corrected chi connectivity index (χ0v) is 9.19. The number of nitrogens with one attached hydrogen (secondary N) is 1. The Bertz CT molecular complexity index is 545. The molecule has 0 radical (unpaired) electrons. The lowest BCUT2D eigenvalue weighted by atomic mass is 10.3. The van der Waals surface area contributed by atoms with E-state index in [1.165, 1.54) is 6.33 Å². The highest BCUT2D eigenvalue weighted by Gasteiger charge is 2.17. The van der Waals surface area contributed by atoms with Gasteiger partial charge in [-0.2, -0.15) is 0 Å². The molecular weight excluding hydrogens is 206 g/mol. The van der Waals surface area contributed by atoms with Crippen LogP contribution in [0.3, 0.4) is 0 Å². The molecule has 0 aliphatic carbocycles. The molecule has 0 aromatic carbocycles. The average Bonchev–Trinajstić information content (AvgIpc) is 2.56. The number of rotatable bonds is 2. The number of anilines is 1. The summed E-state index contributed by atoms with van der Waals surface area (Å²) in [5.41, 5.74) is 6.81. The Morgan fingerprint density at radius 2 is 2.31 bits per heavy atom. The quantitative estimate of drug-likeness (QED) is 0.760. The Labute approximate surface area is 92.5 Å². The van der Waals surface area contributed by atoms with Crippen LogP contribution in [0.2, 0.25) is 0 Å². The first kappa shape index (κ1) is 10.4. The molecule has 2 aromatic rings. The van der Waals surface area contributed by atoms with Crippen molar-refractivity contribution >= 4 is 22.6 Å². The number of fused-ring (bicyclic) bond motifs is 1. The number of hydrogen-bond donors (Lipinski definition) is 2. The topological polar surface area (TPSA) is 85.8 Å². The Hall–Kier alpha value is -2.11. The molecule has 84 valence electrons. The first-order chi connectivity index (χ1) is 7.65. The van der Waals surface area contributed by atoms with Crippen LogP contribution < -0.4 is 11.1 Å². The number of carbonyl (C=O) groups is 1. The van der Waals surface area contributed by atoms with Gasteiger partial charge < -0.3 is 15.6 Å². The van der Waals surface area contributed by atoms with E-state index < -0.39 is 0 Å². The molecule has 1 amide bonds. The lowest BCUT2D eigenvalue weighted by molar-refractivity contribution is 0.0949. The molecule has 6 heteroatoms. The normalized spacial score (nSPS) is 10.6. The molecular formula is C10H13N5O. The molecule has 0 saturated carbocycles. The molecule has 2 rings (SSSR count). The summed E-state index contributed by atoms with van der Waals surface area (Å²) in [5.74, 6) is 0.231. The van der Waals surface area contributed by atoms with Crippen molar-refractivity contribution in [2.45, 2.75) is 6.92 Å². The minimum atomic E-state index is -0.155. The van der Waals surface area contributed by atoms with Crippen molar-refractivity contribution < 1.29 is 4.79 Å². The van der Waals surface area contributed by atoms with Gasteiger partial charge in [0.05, 0.1) is 5.39 Å². The van der Waals surface area contributed by atoms with Crippen molar-refractivity contribution in [3.8, 4) is 0 Å². The monoisotopic (exact) mass is 219 g/mol. The molecule has 0 saturated heterocycles. The number of aryl methyl sites for hydroxylation is 1. The number of nitrogen functional groups attached to an aromatic ring is 1. The third kappa shape index (κ3) is 1.48. The SMILES string of the molecule is CCNC(=O)c1c2ncnc(N)c2cn1C. The standard InChI is InChI=1S/C10H13N5O/c1-3-12-10(16)8-7-6(4-15(8)2)9(11)14-5-13-7/h4-5H,3H2,1-2H3,(H,12,16)(H2,11,13,14). The zero-order valence-electron chi connectivity index (χ0n) is 9.19. The largest absolute Gasteiger partial charge is 0.383 e. The Morgan fingerprint density at radius 3 is 3.00 bits per heavy atom. The van der Waals surface area contributed by atoms with Crippen molar-refractivity contribution in [2.24, 2.45) is 7.05 Å². The maximum atomic E-state index is 11.8. The van der Waals surface area contributed by atoms with E-state index >= 15 is 0 Å². The van der Waals surface area contributed by atoms with Gasteiger partial charge >= 0.3 is 0 Å². The highest BCUT2D eigenvalue weighted by atomic mass is 16.1. The van der Waals surface area contributed by atoms with Gasteiger partial charge in [0.1, 0.15) is 23.4 Å². The summed E-state index contributed by atoms with van der Waals surface area (Å²) < 4.78 is 1.71. The zero-order chi connectivity index (χ0) is 11.7. The van der Waals surface area contributed by atoms with Crippen molar-refractivity contribution in [1.29, 1.82) is 0 Å². The second-order valence-corrected chi connectivity index (χ2v) is 3.47. The Kier molecular flexibility index (Phi) is 2.47. The molecule has 2 heterocycles. The fraction of sp³-hybridized carbons (Fsp3) is 0.300. The summed E-state index contributed by atoms with van der Waals surface area (Å²) >= 11 is 0. The van der Waals surface area contributed by atoms with Crippen LogP contribution in [0, 0.1) is 0 Å². The van der Waals surface area contributed by atoms with Crippen LogP contribution in [0.1, 0.15) is 17.4 Å². The van der Waals surface area contributed by atoms with Gasteiger partial charge in [-0.1, -0.05) is 0 Å². The van der Waals surface area contributed by atoms with E-state index in [9.17, 15) is 4.79 Å². The van der Waals surface area contributed by atoms with Crippen molar-refractivity contribution in [3.63, 3.8) is 0 Å². The number of hydrogen-bond acceptors (Lipinski definition) is 4. The molecule has 16 heavy (non-hydrogen) atoms.